The molecule has 0 unspecified atom stereocenters. The summed E-state index contributed by atoms with van der Waals surface area (Å²) in [5.41, 5.74) is 8.08. The van der Waals surface area contributed by atoms with Crippen molar-refractivity contribution in [2.45, 2.75) is 26.8 Å². The zero-order chi connectivity index (χ0) is 11.6. The van der Waals surface area contributed by atoms with Crippen LogP contribution in [0.25, 0.3) is 0 Å². The Morgan fingerprint density at radius 3 is 2.47 bits per heavy atom. The molecule has 15 heavy (non-hydrogen) atoms. The van der Waals surface area contributed by atoms with E-state index in [2.05, 4.69) is 0 Å². The Balaban J connectivity index is 2.97. The summed E-state index contributed by atoms with van der Waals surface area (Å²) >= 11 is 0. The first kappa shape index (κ1) is 11.6. The van der Waals surface area contributed by atoms with Gasteiger partial charge in [0.15, 0.2) is 0 Å². The lowest BCUT2D eigenvalue weighted by atomic mass is 10.1. The van der Waals surface area contributed by atoms with Crippen LogP contribution in [0.5, 0.6) is 0 Å². The van der Waals surface area contributed by atoms with Gasteiger partial charge in [-0.2, -0.15) is 0 Å². The van der Waals surface area contributed by atoms with Gasteiger partial charge in [-0.25, -0.2) is 0 Å². The Labute approximate surface area is 90.9 Å². The van der Waals surface area contributed by atoms with E-state index >= 15 is 0 Å². The van der Waals surface area contributed by atoms with E-state index in [-0.39, 0.29) is 11.9 Å². The van der Waals surface area contributed by atoms with Crippen LogP contribution < -0.4 is 5.73 Å². The lowest BCUT2D eigenvalue weighted by Gasteiger charge is -2.21. The third-order valence-corrected chi connectivity index (χ3v) is 2.62. The maximum atomic E-state index is 11.9. The number of rotatable bonds is 2. The highest BCUT2D eigenvalue weighted by molar-refractivity contribution is 5.95. The lowest BCUT2D eigenvalue weighted by Crippen LogP contribution is -2.33. The smallest absolute Gasteiger partial charge is 0.253 e. The van der Waals surface area contributed by atoms with Gasteiger partial charge in [-0.1, -0.05) is 6.07 Å². The fourth-order valence-electron chi connectivity index (χ4n) is 1.21. The number of aryl methyl sites for hydroxylation is 1. The highest BCUT2D eigenvalue weighted by atomic mass is 16.2. The van der Waals surface area contributed by atoms with Crippen LogP contribution in [0.15, 0.2) is 18.2 Å². The number of hydrogen-bond donors (Lipinski definition) is 1. The second-order valence-corrected chi connectivity index (χ2v) is 4.08. The highest BCUT2D eigenvalue weighted by Crippen LogP contribution is 2.14. The van der Waals surface area contributed by atoms with Gasteiger partial charge in [0.05, 0.1) is 0 Å². The van der Waals surface area contributed by atoms with Crippen LogP contribution in [0, 0.1) is 6.92 Å². The second kappa shape index (κ2) is 4.34. The van der Waals surface area contributed by atoms with Gasteiger partial charge in [0, 0.05) is 24.3 Å². The molecule has 0 saturated carbocycles. The largest absolute Gasteiger partial charge is 0.398 e. The minimum Gasteiger partial charge on any atom is -0.398 e. The molecule has 0 spiro atoms. The van der Waals surface area contributed by atoms with Gasteiger partial charge in [0.25, 0.3) is 5.91 Å². The van der Waals surface area contributed by atoms with E-state index in [0.29, 0.717) is 11.3 Å². The van der Waals surface area contributed by atoms with Crippen molar-refractivity contribution < 1.29 is 4.79 Å². The minimum absolute atomic E-state index is 0.0108. The van der Waals surface area contributed by atoms with E-state index in [0.717, 1.165) is 5.56 Å². The van der Waals surface area contributed by atoms with Crippen molar-refractivity contribution in [2.75, 3.05) is 12.8 Å². The molecule has 0 bridgehead atoms. The fourth-order valence-corrected chi connectivity index (χ4v) is 1.21. The summed E-state index contributed by atoms with van der Waals surface area (Å²) < 4.78 is 0. The predicted octanol–water partition coefficient (Wildman–Crippen LogP) is 2.06. The summed E-state index contributed by atoms with van der Waals surface area (Å²) in [5.74, 6) is 0.0108. The molecule has 0 saturated heterocycles. The summed E-state index contributed by atoms with van der Waals surface area (Å²) in [4.78, 5) is 13.6. The van der Waals surface area contributed by atoms with Gasteiger partial charge >= 0.3 is 0 Å². The Bertz CT molecular complexity index is 372. The van der Waals surface area contributed by atoms with E-state index in [1.165, 1.54) is 0 Å². The summed E-state index contributed by atoms with van der Waals surface area (Å²) in [6.07, 6.45) is 0. The average molecular weight is 206 g/mol. The molecule has 3 heteroatoms. The van der Waals surface area contributed by atoms with Crippen molar-refractivity contribution in [2.24, 2.45) is 0 Å². The molecule has 2 N–H and O–H groups in total. The number of anilines is 1. The second-order valence-electron chi connectivity index (χ2n) is 4.08. The van der Waals surface area contributed by atoms with Gasteiger partial charge in [0.1, 0.15) is 0 Å². The van der Waals surface area contributed by atoms with E-state index in [9.17, 15) is 4.79 Å². The zero-order valence-corrected chi connectivity index (χ0v) is 9.74. The quantitative estimate of drug-likeness (QED) is 0.753. The third-order valence-electron chi connectivity index (χ3n) is 2.62. The van der Waals surface area contributed by atoms with E-state index in [4.69, 9.17) is 5.73 Å². The molecular formula is C12H18N2O. The first-order chi connectivity index (χ1) is 6.93. The predicted molar refractivity (Wildman–Crippen MR) is 62.8 cm³/mol. The monoisotopic (exact) mass is 206 g/mol. The van der Waals surface area contributed by atoms with Gasteiger partial charge in [-0.3, -0.25) is 4.79 Å². The molecular weight excluding hydrogens is 188 g/mol. The van der Waals surface area contributed by atoms with Crippen molar-refractivity contribution >= 4 is 11.6 Å². The Morgan fingerprint density at radius 2 is 2.00 bits per heavy atom. The first-order valence-corrected chi connectivity index (χ1v) is 5.06. The molecule has 0 aliphatic heterocycles. The van der Waals surface area contributed by atoms with Gasteiger partial charge < -0.3 is 10.6 Å². The SMILES string of the molecule is Cc1ccc(C(=O)N(C)C(C)C)cc1N. The first-order valence-electron chi connectivity index (χ1n) is 5.06. The normalized spacial score (nSPS) is 10.5. The van der Waals surface area contributed by atoms with Crippen LogP contribution >= 0.6 is 0 Å². The molecule has 0 fully saturated rings. The fraction of sp³-hybridized carbons (Fsp3) is 0.417. The van der Waals surface area contributed by atoms with Crippen LogP contribution in [0.1, 0.15) is 29.8 Å². The third kappa shape index (κ3) is 2.49. The van der Waals surface area contributed by atoms with Crippen LogP contribution in [0.2, 0.25) is 0 Å². The molecule has 0 aromatic heterocycles. The number of nitrogen functional groups attached to an aromatic ring is 1. The molecule has 3 nitrogen and oxygen atoms in total. The average Bonchev–Trinajstić information content (AvgIpc) is 2.19. The van der Waals surface area contributed by atoms with Crippen LogP contribution in [0.4, 0.5) is 5.69 Å². The Kier molecular flexibility index (Phi) is 3.35. The summed E-state index contributed by atoms with van der Waals surface area (Å²) in [7, 11) is 1.79. The molecule has 0 aliphatic carbocycles. The molecule has 1 aromatic rings. The summed E-state index contributed by atoms with van der Waals surface area (Å²) in [6.45, 7) is 5.89. The van der Waals surface area contributed by atoms with Crippen molar-refractivity contribution in [3.05, 3.63) is 29.3 Å². The number of amides is 1. The summed E-state index contributed by atoms with van der Waals surface area (Å²) in [5, 5.41) is 0. The number of benzene rings is 1. The number of carbonyl (C=O) groups is 1. The Morgan fingerprint density at radius 1 is 1.40 bits per heavy atom. The molecule has 1 aromatic carbocycles. The van der Waals surface area contributed by atoms with Crippen LogP contribution in [-0.2, 0) is 0 Å². The number of hydrogen-bond acceptors (Lipinski definition) is 2. The van der Waals surface area contributed by atoms with E-state index in [1.54, 1.807) is 18.0 Å². The van der Waals surface area contributed by atoms with Gasteiger partial charge in [-0.05, 0) is 38.5 Å². The number of nitrogens with zero attached hydrogens (tertiary/aromatic N) is 1. The van der Waals surface area contributed by atoms with E-state index < -0.39 is 0 Å². The topological polar surface area (TPSA) is 46.3 Å². The number of carbonyl (C=O) groups excluding carboxylic acids is 1. The standard InChI is InChI=1S/C12H18N2O/c1-8(2)14(4)12(15)10-6-5-9(3)11(13)7-10/h5-8H,13H2,1-4H3. The van der Waals surface area contributed by atoms with Crippen molar-refractivity contribution in [3.63, 3.8) is 0 Å². The van der Waals surface area contributed by atoms with Gasteiger partial charge in [0.2, 0.25) is 0 Å². The molecule has 1 amide bonds. The summed E-state index contributed by atoms with van der Waals surface area (Å²) in [6, 6.07) is 5.61. The highest BCUT2D eigenvalue weighted by Gasteiger charge is 2.14. The molecule has 0 atom stereocenters. The molecule has 0 heterocycles. The van der Waals surface area contributed by atoms with Crippen molar-refractivity contribution in [3.8, 4) is 0 Å². The molecule has 1 rings (SSSR count). The van der Waals surface area contributed by atoms with Gasteiger partial charge in [-0.15, -0.1) is 0 Å². The maximum absolute atomic E-state index is 11.9. The molecule has 0 aliphatic rings. The minimum atomic E-state index is 0.0108. The Hall–Kier alpha value is -1.51. The molecule has 82 valence electrons. The zero-order valence-electron chi connectivity index (χ0n) is 9.74. The van der Waals surface area contributed by atoms with Crippen LogP contribution in [0.3, 0.4) is 0 Å². The molecule has 0 radical (unpaired) electrons. The van der Waals surface area contributed by atoms with Crippen molar-refractivity contribution in [1.29, 1.82) is 0 Å². The van der Waals surface area contributed by atoms with E-state index in [1.807, 2.05) is 32.9 Å². The van der Waals surface area contributed by atoms with Crippen molar-refractivity contribution in [1.82, 2.24) is 4.90 Å². The number of nitrogens with two attached hydrogens (primary N) is 1. The lowest BCUT2D eigenvalue weighted by molar-refractivity contribution is 0.0755. The van der Waals surface area contributed by atoms with Crippen LogP contribution in [-0.4, -0.2) is 23.9 Å². The maximum Gasteiger partial charge on any atom is 0.253 e.